The first kappa shape index (κ1) is 16.0. The molecule has 0 spiro atoms. The van der Waals surface area contributed by atoms with Gasteiger partial charge in [-0.2, -0.15) is 0 Å². The molecular formula is C13H15ClFNO4S. The van der Waals surface area contributed by atoms with Gasteiger partial charge in [0.15, 0.2) is 0 Å². The molecule has 1 unspecified atom stereocenters. The molecule has 8 heteroatoms. The van der Waals surface area contributed by atoms with E-state index in [0.717, 1.165) is 0 Å². The van der Waals surface area contributed by atoms with Crippen molar-refractivity contribution in [2.45, 2.75) is 13.3 Å². The highest BCUT2D eigenvalue weighted by molar-refractivity contribution is 8.13. The van der Waals surface area contributed by atoms with Crippen LogP contribution in [0.5, 0.6) is 5.75 Å². The molecule has 0 saturated carbocycles. The van der Waals surface area contributed by atoms with E-state index in [1.54, 1.807) is 6.92 Å². The molecule has 1 aliphatic rings. The summed E-state index contributed by atoms with van der Waals surface area (Å²) in [6.07, 6.45) is 0.0922. The number of rotatable bonds is 5. The Morgan fingerprint density at radius 3 is 2.81 bits per heavy atom. The Morgan fingerprint density at radius 1 is 1.48 bits per heavy atom. The first-order valence-electron chi connectivity index (χ1n) is 6.45. The number of ether oxygens (including phenoxy) is 1. The van der Waals surface area contributed by atoms with Crippen molar-refractivity contribution in [2.24, 2.45) is 5.92 Å². The van der Waals surface area contributed by atoms with Gasteiger partial charge in [0.1, 0.15) is 11.6 Å². The normalized spacial score (nSPS) is 19.1. The molecule has 2 rings (SSSR count). The third kappa shape index (κ3) is 4.07. The zero-order valence-corrected chi connectivity index (χ0v) is 13.0. The van der Waals surface area contributed by atoms with E-state index in [0.29, 0.717) is 12.3 Å². The van der Waals surface area contributed by atoms with Crippen LogP contribution in [0, 0.1) is 11.7 Å². The minimum absolute atomic E-state index is 0.0922. The zero-order chi connectivity index (χ0) is 15.6. The maximum absolute atomic E-state index is 13.3. The summed E-state index contributed by atoms with van der Waals surface area (Å²) >= 11 is 0. The molecular weight excluding hydrogens is 321 g/mol. The van der Waals surface area contributed by atoms with Crippen molar-refractivity contribution in [3.63, 3.8) is 0 Å². The summed E-state index contributed by atoms with van der Waals surface area (Å²) in [5.41, 5.74) is 0.442. The maximum atomic E-state index is 13.3. The van der Waals surface area contributed by atoms with Gasteiger partial charge in [-0.3, -0.25) is 4.79 Å². The van der Waals surface area contributed by atoms with Crippen LogP contribution in [0.4, 0.5) is 10.1 Å². The molecule has 1 saturated heterocycles. The van der Waals surface area contributed by atoms with Gasteiger partial charge in [0.25, 0.3) is 0 Å². The minimum atomic E-state index is -3.66. The fraction of sp³-hybridized carbons (Fsp3) is 0.462. The zero-order valence-electron chi connectivity index (χ0n) is 11.4. The number of carbonyl (C=O) groups is 1. The maximum Gasteiger partial charge on any atom is 0.232 e. The number of hydrogen-bond donors (Lipinski definition) is 0. The van der Waals surface area contributed by atoms with Crippen LogP contribution in [0.2, 0.25) is 0 Å². The largest absolute Gasteiger partial charge is 0.492 e. The molecule has 1 heterocycles. The van der Waals surface area contributed by atoms with Gasteiger partial charge in [0.2, 0.25) is 15.0 Å². The van der Waals surface area contributed by atoms with E-state index in [-0.39, 0.29) is 36.3 Å². The second-order valence-corrected chi connectivity index (χ2v) is 7.65. The molecule has 21 heavy (non-hydrogen) atoms. The van der Waals surface area contributed by atoms with Gasteiger partial charge in [-0.25, -0.2) is 12.8 Å². The minimum Gasteiger partial charge on any atom is -0.492 e. The van der Waals surface area contributed by atoms with Gasteiger partial charge in [-0.1, -0.05) is 0 Å². The molecule has 0 bridgehead atoms. The lowest BCUT2D eigenvalue weighted by Gasteiger charge is -2.20. The predicted molar refractivity (Wildman–Crippen MR) is 77.7 cm³/mol. The Morgan fingerprint density at radius 2 is 2.19 bits per heavy atom. The summed E-state index contributed by atoms with van der Waals surface area (Å²) in [6, 6.07) is 3.89. The standard InChI is InChI=1S/C13H15ClFNO4S/c1-2-20-12-6-10(15)3-4-11(12)16-7-9(5-13(16)17)8-21(14,18)19/h3-4,6,9H,2,5,7-8H2,1H3. The number of amides is 1. The Hall–Kier alpha value is -1.34. The highest BCUT2D eigenvalue weighted by Gasteiger charge is 2.34. The molecule has 1 amide bonds. The van der Waals surface area contributed by atoms with Gasteiger partial charge in [-0.15, -0.1) is 0 Å². The van der Waals surface area contributed by atoms with Crippen LogP contribution in [0.15, 0.2) is 18.2 Å². The SMILES string of the molecule is CCOc1cc(F)ccc1N1CC(CS(=O)(=O)Cl)CC1=O. The Bertz CT molecular complexity index is 650. The van der Waals surface area contributed by atoms with Crippen molar-refractivity contribution in [3.05, 3.63) is 24.0 Å². The Kier molecular flexibility index (Phi) is 4.73. The van der Waals surface area contributed by atoms with Gasteiger partial charge in [0.05, 0.1) is 18.0 Å². The average Bonchev–Trinajstić information content (AvgIpc) is 2.68. The molecule has 1 aromatic rings. The van der Waals surface area contributed by atoms with Crippen molar-refractivity contribution in [1.29, 1.82) is 0 Å². The third-order valence-electron chi connectivity index (χ3n) is 3.15. The van der Waals surface area contributed by atoms with Crippen molar-refractivity contribution in [1.82, 2.24) is 0 Å². The average molecular weight is 336 g/mol. The molecule has 0 aliphatic carbocycles. The summed E-state index contributed by atoms with van der Waals surface area (Å²) in [6.45, 7) is 2.30. The molecule has 0 radical (unpaired) electrons. The van der Waals surface area contributed by atoms with Gasteiger partial charge < -0.3 is 9.64 Å². The van der Waals surface area contributed by atoms with Crippen molar-refractivity contribution < 1.29 is 22.3 Å². The number of halogens is 2. The first-order chi connectivity index (χ1) is 9.80. The van der Waals surface area contributed by atoms with E-state index in [9.17, 15) is 17.6 Å². The summed E-state index contributed by atoms with van der Waals surface area (Å²) in [7, 11) is 1.56. The molecule has 5 nitrogen and oxygen atoms in total. The van der Waals surface area contributed by atoms with Crippen molar-refractivity contribution in [2.75, 3.05) is 23.8 Å². The van der Waals surface area contributed by atoms with Crippen LogP contribution < -0.4 is 9.64 Å². The van der Waals surface area contributed by atoms with Crippen LogP contribution in [0.3, 0.4) is 0 Å². The molecule has 1 atom stereocenters. The number of anilines is 1. The quantitative estimate of drug-likeness (QED) is 0.773. The van der Waals surface area contributed by atoms with E-state index in [1.165, 1.54) is 23.1 Å². The first-order valence-corrected chi connectivity index (χ1v) is 8.93. The van der Waals surface area contributed by atoms with Crippen molar-refractivity contribution >= 4 is 31.3 Å². The fourth-order valence-electron chi connectivity index (χ4n) is 2.39. The number of hydrogen-bond acceptors (Lipinski definition) is 4. The van der Waals surface area contributed by atoms with Crippen LogP contribution in [0.1, 0.15) is 13.3 Å². The topological polar surface area (TPSA) is 63.7 Å². The summed E-state index contributed by atoms with van der Waals surface area (Å²) in [4.78, 5) is 13.5. The lowest BCUT2D eigenvalue weighted by Crippen LogP contribution is -2.26. The highest BCUT2D eigenvalue weighted by atomic mass is 35.7. The number of nitrogens with zero attached hydrogens (tertiary/aromatic N) is 1. The smallest absolute Gasteiger partial charge is 0.232 e. The van der Waals surface area contributed by atoms with E-state index < -0.39 is 14.9 Å². The van der Waals surface area contributed by atoms with Gasteiger partial charge in [-0.05, 0) is 19.1 Å². The summed E-state index contributed by atoms with van der Waals surface area (Å²) < 4.78 is 40.8. The highest BCUT2D eigenvalue weighted by Crippen LogP contribution is 2.34. The van der Waals surface area contributed by atoms with E-state index in [4.69, 9.17) is 15.4 Å². The molecule has 1 fully saturated rings. The molecule has 0 aromatic heterocycles. The van der Waals surface area contributed by atoms with Crippen molar-refractivity contribution in [3.8, 4) is 5.75 Å². The third-order valence-corrected chi connectivity index (χ3v) is 4.40. The van der Waals surface area contributed by atoms with Crippen LogP contribution >= 0.6 is 10.7 Å². The number of benzene rings is 1. The lowest BCUT2D eigenvalue weighted by atomic mass is 10.1. The predicted octanol–water partition coefficient (Wildman–Crippen LogP) is 2.15. The number of carbonyl (C=O) groups excluding carboxylic acids is 1. The second kappa shape index (κ2) is 6.19. The monoisotopic (exact) mass is 335 g/mol. The second-order valence-electron chi connectivity index (χ2n) is 4.83. The molecule has 116 valence electrons. The van der Waals surface area contributed by atoms with E-state index in [2.05, 4.69) is 0 Å². The molecule has 0 N–H and O–H groups in total. The Labute approximate surface area is 127 Å². The van der Waals surface area contributed by atoms with Crippen LogP contribution in [-0.4, -0.2) is 33.2 Å². The van der Waals surface area contributed by atoms with E-state index in [1.807, 2.05) is 0 Å². The lowest BCUT2D eigenvalue weighted by molar-refractivity contribution is -0.117. The summed E-state index contributed by atoms with van der Waals surface area (Å²) in [5.74, 6) is -1.07. The van der Waals surface area contributed by atoms with E-state index >= 15 is 0 Å². The fourth-order valence-corrected chi connectivity index (χ4v) is 3.71. The summed E-state index contributed by atoms with van der Waals surface area (Å²) in [5, 5.41) is 0. The molecule has 1 aromatic carbocycles. The van der Waals surface area contributed by atoms with Crippen LogP contribution in [0.25, 0.3) is 0 Å². The van der Waals surface area contributed by atoms with Gasteiger partial charge in [0, 0.05) is 35.6 Å². The molecule has 1 aliphatic heterocycles. The Balaban J connectivity index is 2.24. The van der Waals surface area contributed by atoms with Gasteiger partial charge >= 0.3 is 0 Å². The van der Waals surface area contributed by atoms with Crippen LogP contribution in [-0.2, 0) is 13.8 Å².